The van der Waals surface area contributed by atoms with Crippen molar-refractivity contribution >= 4 is 12.0 Å². The normalized spacial score (nSPS) is 20.6. The van der Waals surface area contributed by atoms with Gasteiger partial charge in [-0.2, -0.15) is 13.2 Å². The van der Waals surface area contributed by atoms with Crippen molar-refractivity contribution < 1.29 is 22.4 Å². The number of aromatic nitrogens is 2. The third-order valence-electron chi connectivity index (χ3n) is 5.90. The summed E-state index contributed by atoms with van der Waals surface area (Å²) in [7, 11) is 0. The molecule has 3 heterocycles. The molecule has 3 N–H and O–H groups in total. The van der Waals surface area contributed by atoms with Gasteiger partial charge in [0, 0.05) is 37.8 Å². The predicted octanol–water partition coefficient (Wildman–Crippen LogP) is 3.28. The van der Waals surface area contributed by atoms with Crippen LogP contribution in [0.1, 0.15) is 42.1 Å². The third kappa shape index (κ3) is 5.18. The highest BCUT2D eigenvalue weighted by Crippen LogP contribution is 2.33. The zero-order chi connectivity index (χ0) is 23.8. The van der Waals surface area contributed by atoms with Crippen LogP contribution in [0.15, 0.2) is 24.4 Å². The minimum absolute atomic E-state index is 0.174. The Morgan fingerprint density at radius 1 is 1.27 bits per heavy atom. The average molecular weight is 466 g/mol. The second-order valence-corrected chi connectivity index (χ2v) is 8.69. The number of anilines is 1. The molecular weight excluding hydrogens is 440 g/mol. The zero-order valence-corrected chi connectivity index (χ0v) is 18.3. The molecule has 33 heavy (non-hydrogen) atoms. The largest absolute Gasteiger partial charge is 0.419 e. The van der Waals surface area contributed by atoms with Gasteiger partial charge in [-0.25, -0.2) is 19.2 Å². The summed E-state index contributed by atoms with van der Waals surface area (Å²) in [6.45, 7) is 5.66. The second-order valence-electron chi connectivity index (χ2n) is 8.69. The predicted molar refractivity (Wildman–Crippen MR) is 114 cm³/mol. The summed E-state index contributed by atoms with van der Waals surface area (Å²) < 4.78 is 52.7. The molecule has 0 bridgehead atoms. The van der Waals surface area contributed by atoms with Gasteiger partial charge in [0.15, 0.2) is 0 Å². The highest BCUT2D eigenvalue weighted by atomic mass is 19.4. The number of urea groups is 1. The SMILES string of the molecule is CC(C)Nc1ncc2c(n1)CN(C(=O)N[C@@H]1CNC[C@H]1c1ccc(C(F)(F)F)c(F)c1)CC2. The van der Waals surface area contributed by atoms with Gasteiger partial charge in [-0.15, -0.1) is 0 Å². The molecule has 1 fully saturated rings. The summed E-state index contributed by atoms with van der Waals surface area (Å²) in [4.78, 5) is 23.4. The fourth-order valence-corrected chi connectivity index (χ4v) is 4.23. The minimum atomic E-state index is -4.75. The Morgan fingerprint density at radius 2 is 2.06 bits per heavy atom. The molecule has 178 valence electrons. The number of carbonyl (C=O) groups excluding carboxylic acids is 1. The van der Waals surface area contributed by atoms with Gasteiger partial charge in [0.25, 0.3) is 0 Å². The van der Waals surface area contributed by atoms with Gasteiger partial charge >= 0.3 is 12.2 Å². The maximum absolute atomic E-state index is 14.1. The number of nitrogens with one attached hydrogen (secondary N) is 3. The Balaban J connectivity index is 1.44. The van der Waals surface area contributed by atoms with Crippen LogP contribution in [0.4, 0.5) is 28.3 Å². The fraction of sp³-hybridized carbons (Fsp3) is 0.500. The van der Waals surface area contributed by atoms with Crippen LogP contribution in [0.2, 0.25) is 0 Å². The van der Waals surface area contributed by atoms with E-state index in [1.165, 1.54) is 6.07 Å². The third-order valence-corrected chi connectivity index (χ3v) is 5.90. The lowest BCUT2D eigenvalue weighted by atomic mass is 9.93. The molecule has 11 heteroatoms. The van der Waals surface area contributed by atoms with Crippen LogP contribution in [-0.4, -0.2) is 52.6 Å². The molecule has 0 unspecified atom stereocenters. The van der Waals surface area contributed by atoms with E-state index in [0.29, 0.717) is 44.1 Å². The zero-order valence-electron chi connectivity index (χ0n) is 18.3. The number of amides is 2. The Bertz CT molecular complexity index is 1030. The van der Waals surface area contributed by atoms with Crippen molar-refractivity contribution in [3.05, 3.63) is 52.6 Å². The molecule has 2 aliphatic rings. The van der Waals surface area contributed by atoms with E-state index in [0.717, 1.165) is 23.4 Å². The van der Waals surface area contributed by atoms with Gasteiger partial charge < -0.3 is 20.9 Å². The molecule has 1 saturated heterocycles. The number of alkyl halides is 3. The number of halogens is 4. The molecule has 2 aliphatic heterocycles. The quantitative estimate of drug-likeness (QED) is 0.603. The van der Waals surface area contributed by atoms with Gasteiger partial charge in [-0.1, -0.05) is 6.07 Å². The number of rotatable bonds is 4. The lowest BCUT2D eigenvalue weighted by molar-refractivity contribution is -0.140. The molecule has 0 spiro atoms. The minimum Gasteiger partial charge on any atom is -0.352 e. The van der Waals surface area contributed by atoms with E-state index < -0.39 is 17.6 Å². The highest BCUT2D eigenvalue weighted by Gasteiger charge is 2.36. The van der Waals surface area contributed by atoms with E-state index in [1.807, 2.05) is 13.8 Å². The highest BCUT2D eigenvalue weighted by molar-refractivity contribution is 5.75. The summed E-state index contributed by atoms with van der Waals surface area (Å²) in [5, 5.41) is 9.24. The van der Waals surface area contributed by atoms with Crippen molar-refractivity contribution in [3.63, 3.8) is 0 Å². The molecule has 0 aliphatic carbocycles. The maximum atomic E-state index is 14.1. The molecule has 0 radical (unpaired) electrons. The van der Waals surface area contributed by atoms with Crippen molar-refractivity contribution in [3.8, 4) is 0 Å². The Morgan fingerprint density at radius 3 is 2.76 bits per heavy atom. The van der Waals surface area contributed by atoms with Crippen molar-refractivity contribution in [1.29, 1.82) is 0 Å². The van der Waals surface area contributed by atoms with Crippen LogP contribution >= 0.6 is 0 Å². The lowest BCUT2D eigenvalue weighted by Gasteiger charge is -2.30. The van der Waals surface area contributed by atoms with Gasteiger partial charge in [0.05, 0.1) is 23.8 Å². The van der Waals surface area contributed by atoms with Crippen molar-refractivity contribution in [1.82, 2.24) is 25.5 Å². The molecule has 0 saturated carbocycles. The smallest absolute Gasteiger partial charge is 0.352 e. The molecule has 1 aromatic heterocycles. The van der Waals surface area contributed by atoms with Crippen LogP contribution in [-0.2, 0) is 19.1 Å². The molecule has 1 aromatic carbocycles. The van der Waals surface area contributed by atoms with Crippen LogP contribution in [0.3, 0.4) is 0 Å². The number of hydrogen-bond acceptors (Lipinski definition) is 5. The number of fused-ring (bicyclic) bond motifs is 1. The first-order chi connectivity index (χ1) is 15.6. The molecular formula is C22H26F4N6O. The van der Waals surface area contributed by atoms with Crippen molar-refractivity contribution in [2.45, 2.75) is 51.0 Å². The first-order valence-electron chi connectivity index (χ1n) is 10.9. The maximum Gasteiger partial charge on any atom is 0.419 e. The topological polar surface area (TPSA) is 82.2 Å². The molecule has 2 atom stereocenters. The number of carbonyl (C=O) groups is 1. The lowest BCUT2D eigenvalue weighted by Crippen LogP contribution is -2.48. The Hall–Kier alpha value is -2.95. The van der Waals surface area contributed by atoms with Crippen LogP contribution in [0, 0.1) is 5.82 Å². The summed E-state index contributed by atoms with van der Waals surface area (Å²) in [6.07, 6.45) is -2.34. The molecule has 2 aromatic rings. The number of hydrogen-bond donors (Lipinski definition) is 3. The fourth-order valence-electron chi connectivity index (χ4n) is 4.23. The second kappa shape index (κ2) is 9.12. The van der Waals surface area contributed by atoms with E-state index in [-0.39, 0.29) is 24.0 Å². The molecule has 7 nitrogen and oxygen atoms in total. The first-order valence-corrected chi connectivity index (χ1v) is 10.9. The number of nitrogens with zero attached hydrogens (tertiary/aromatic N) is 3. The van der Waals surface area contributed by atoms with Crippen LogP contribution < -0.4 is 16.0 Å². The molecule has 2 amide bonds. The van der Waals surface area contributed by atoms with E-state index in [2.05, 4.69) is 25.9 Å². The summed E-state index contributed by atoms with van der Waals surface area (Å²) in [5.74, 6) is -1.14. The van der Waals surface area contributed by atoms with E-state index in [1.54, 1.807) is 11.1 Å². The van der Waals surface area contributed by atoms with Gasteiger partial charge in [0.2, 0.25) is 5.95 Å². The first kappa shape index (κ1) is 23.2. The van der Waals surface area contributed by atoms with Crippen molar-refractivity contribution in [2.24, 2.45) is 0 Å². The van der Waals surface area contributed by atoms with Crippen LogP contribution in [0.5, 0.6) is 0 Å². The molecule has 4 rings (SSSR count). The standard InChI is InChI=1S/C22H26F4N6O/c1-12(2)29-20-28-8-14-5-6-32(11-19(14)30-20)21(33)31-18-10-27-9-15(18)13-3-4-16(17(23)7-13)22(24,25)26/h3-4,7-8,12,15,18,27H,5-6,9-11H2,1-2H3,(H,31,33)(H,28,29,30)/t15-,18+/m0/s1. The van der Waals surface area contributed by atoms with E-state index in [4.69, 9.17) is 0 Å². The van der Waals surface area contributed by atoms with E-state index in [9.17, 15) is 22.4 Å². The summed E-state index contributed by atoms with van der Waals surface area (Å²) in [5.41, 5.74) is 0.893. The summed E-state index contributed by atoms with van der Waals surface area (Å²) >= 11 is 0. The van der Waals surface area contributed by atoms with Crippen molar-refractivity contribution in [2.75, 3.05) is 25.0 Å². The van der Waals surface area contributed by atoms with Crippen LogP contribution in [0.25, 0.3) is 0 Å². The summed E-state index contributed by atoms with van der Waals surface area (Å²) in [6, 6.07) is 2.46. The van der Waals surface area contributed by atoms with Gasteiger partial charge in [-0.05, 0) is 43.5 Å². The number of benzene rings is 1. The monoisotopic (exact) mass is 466 g/mol. The average Bonchev–Trinajstić information content (AvgIpc) is 3.19. The Kier molecular flexibility index (Phi) is 6.42. The Labute approximate surface area is 189 Å². The van der Waals surface area contributed by atoms with Gasteiger partial charge in [-0.3, -0.25) is 0 Å². The van der Waals surface area contributed by atoms with Gasteiger partial charge in [0.1, 0.15) is 5.82 Å². The van der Waals surface area contributed by atoms with E-state index >= 15 is 0 Å².